The van der Waals surface area contributed by atoms with Gasteiger partial charge in [-0.25, -0.2) is 0 Å². The van der Waals surface area contributed by atoms with E-state index in [4.69, 9.17) is 9.84 Å². The molecule has 0 fully saturated rings. The summed E-state index contributed by atoms with van der Waals surface area (Å²) in [4.78, 5) is 0. The lowest BCUT2D eigenvalue weighted by atomic mass is 10.0. The number of aliphatic hydroxyl groups excluding tert-OH is 1. The zero-order valence-electron chi connectivity index (χ0n) is 20.0. The van der Waals surface area contributed by atoms with Crippen LogP contribution < -0.4 is 0 Å². The molecule has 1 unspecified atom stereocenters. The van der Waals surface area contributed by atoms with E-state index in [9.17, 15) is 0 Å². The van der Waals surface area contributed by atoms with Crippen LogP contribution in [0.2, 0.25) is 0 Å². The third-order valence-corrected chi connectivity index (χ3v) is 5.20. The monoisotopic (exact) mass is 474 g/mol. The van der Waals surface area contributed by atoms with Crippen LogP contribution in [0, 0.1) is 11.8 Å². The zero-order valence-corrected chi connectivity index (χ0v) is 22.7. The molecule has 1 atom stereocenters. The van der Waals surface area contributed by atoms with Crippen LogP contribution in [0.5, 0.6) is 0 Å². The molecule has 1 aromatic rings. The van der Waals surface area contributed by atoms with Crippen molar-refractivity contribution in [2.45, 2.75) is 78.6 Å². The van der Waals surface area contributed by atoms with Gasteiger partial charge in [-0.05, 0) is 41.1 Å². The Hall–Kier alpha value is -0.230. The first kappa shape index (κ1) is 32.0. The standard InChI is InChI=1S/C10H14S.C9H18O2S.C6H14S/c1-8(2)10-5-3-9(7-11)4-6-10;1-7(2)4-8(3)11-5-9(10)6-12;1-6(2)4-3-5-7/h3-6,8,11H,7H2,1-2H3;7,9-10,12H,3-6H2,1-2H3;6-7H,3-5H2,1-2H3. The van der Waals surface area contributed by atoms with Gasteiger partial charge in [-0.1, -0.05) is 78.8 Å². The molecule has 2 nitrogen and oxygen atoms in total. The van der Waals surface area contributed by atoms with Gasteiger partial charge in [-0.15, -0.1) is 0 Å². The SMILES string of the molecule is C=C(CC(C)C)OCC(O)CS.CC(C)CCCS.CC(C)c1ccc(CS)cc1. The Morgan fingerprint density at radius 1 is 0.967 bits per heavy atom. The summed E-state index contributed by atoms with van der Waals surface area (Å²) in [6.07, 6.45) is 2.95. The smallest absolute Gasteiger partial charge is 0.114 e. The molecular formula is C25H46O2S3. The Kier molecular flexibility index (Phi) is 22.0. The highest BCUT2D eigenvalue weighted by molar-refractivity contribution is 7.80. The third kappa shape index (κ3) is 21.0. The number of thiol groups is 3. The van der Waals surface area contributed by atoms with Crippen LogP contribution in [0.1, 0.15) is 77.8 Å². The Morgan fingerprint density at radius 2 is 1.53 bits per heavy atom. The summed E-state index contributed by atoms with van der Waals surface area (Å²) in [5, 5.41) is 9.10. The molecule has 0 amide bonds. The van der Waals surface area contributed by atoms with E-state index in [1.807, 2.05) is 0 Å². The van der Waals surface area contributed by atoms with Crippen molar-refractivity contribution in [3.8, 4) is 0 Å². The molecule has 0 radical (unpaired) electrons. The van der Waals surface area contributed by atoms with E-state index in [0.29, 0.717) is 24.2 Å². The normalized spacial score (nSPS) is 11.5. The van der Waals surface area contributed by atoms with Gasteiger partial charge in [0.05, 0.1) is 11.9 Å². The predicted molar refractivity (Wildman–Crippen MR) is 146 cm³/mol. The van der Waals surface area contributed by atoms with E-state index < -0.39 is 6.10 Å². The van der Waals surface area contributed by atoms with Gasteiger partial charge >= 0.3 is 0 Å². The van der Waals surface area contributed by atoms with Gasteiger partial charge in [-0.3, -0.25) is 0 Å². The van der Waals surface area contributed by atoms with Crippen LogP contribution in [-0.2, 0) is 10.5 Å². The number of aliphatic hydroxyl groups is 1. The van der Waals surface area contributed by atoms with Crippen LogP contribution in [0.25, 0.3) is 0 Å². The quantitative estimate of drug-likeness (QED) is 0.198. The average molecular weight is 475 g/mol. The fraction of sp³-hybridized carbons (Fsp3) is 0.680. The van der Waals surface area contributed by atoms with Crippen molar-refractivity contribution in [3.63, 3.8) is 0 Å². The predicted octanol–water partition coefficient (Wildman–Crippen LogP) is 7.45. The number of allylic oxidation sites excluding steroid dienone is 1. The van der Waals surface area contributed by atoms with Crippen molar-refractivity contribution < 1.29 is 9.84 Å². The van der Waals surface area contributed by atoms with E-state index in [1.54, 1.807) is 0 Å². The van der Waals surface area contributed by atoms with Gasteiger partial charge in [0.15, 0.2) is 0 Å². The van der Waals surface area contributed by atoms with Gasteiger partial charge < -0.3 is 9.84 Å². The van der Waals surface area contributed by atoms with Crippen molar-refractivity contribution in [1.82, 2.24) is 0 Å². The molecule has 176 valence electrons. The summed E-state index contributed by atoms with van der Waals surface area (Å²) in [5.41, 5.74) is 2.69. The van der Waals surface area contributed by atoms with Crippen LogP contribution in [-0.4, -0.2) is 29.3 Å². The van der Waals surface area contributed by atoms with Crippen molar-refractivity contribution in [2.75, 3.05) is 18.1 Å². The largest absolute Gasteiger partial charge is 0.496 e. The Bertz CT molecular complexity index is 514. The van der Waals surface area contributed by atoms with Crippen LogP contribution >= 0.6 is 37.9 Å². The van der Waals surface area contributed by atoms with Gasteiger partial charge in [0.1, 0.15) is 6.61 Å². The van der Waals surface area contributed by atoms with Gasteiger partial charge in [-0.2, -0.15) is 37.9 Å². The lowest BCUT2D eigenvalue weighted by Gasteiger charge is -2.13. The Balaban J connectivity index is 0. The minimum Gasteiger partial charge on any atom is -0.496 e. The number of hydrogen-bond acceptors (Lipinski definition) is 5. The molecule has 1 rings (SSSR count). The second kappa shape index (κ2) is 20.7. The summed E-state index contributed by atoms with van der Waals surface area (Å²) in [6, 6.07) is 8.64. The first-order valence-electron chi connectivity index (χ1n) is 11.0. The Labute approximate surface area is 203 Å². The van der Waals surface area contributed by atoms with Gasteiger partial charge in [0, 0.05) is 17.9 Å². The minimum absolute atomic E-state index is 0.301. The molecule has 0 aliphatic carbocycles. The molecular weight excluding hydrogens is 428 g/mol. The molecule has 0 spiro atoms. The van der Waals surface area contributed by atoms with Crippen LogP contribution in [0.4, 0.5) is 0 Å². The molecule has 0 saturated heterocycles. The van der Waals surface area contributed by atoms with Gasteiger partial charge in [0.25, 0.3) is 0 Å². The maximum atomic E-state index is 9.10. The number of rotatable bonds is 11. The Morgan fingerprint density at radius 3 is 1.87 bits per heavy atom. The van der Waals surface area contributed by atoms with Crippen LogP contribution in [0.3, 0.4) is 0 Å². The summed E-state index contributed by atoms with van der Waals surface area (Å²) in [7, 11) is 0. The maximum Gasteiger partial charge on any atom is 0.114 e. The summed E-state index contributed by atoms with van der Waals surface area (Å²) >= 11 is 12.2. The van der Waals surface area contributed by atoms with E-state index in [2.05, 4.69) is 110 Å². The fourth-order valence-corrected chi connectivity index (χ4v) is 2.79. The van der Waals surface area contributed by atoms with E-state index >= 15 is 0 Å². The highest BCUT2D eigenvalue weighted by atomic mass is 32.1. The van der Waals surface area contributed by atoms with Crippen molar-refractivity contribution in [1.29, 1.82) is 0 Å². The molecule has 0 bridgehead atoms. The van der Waals surface area contributed by atoms with Crippen LogP contribution in [0.15, 0.2) is 36.6 Å². The summed E-state index contributed by atoms with van der Waals surface area (Å²) < 4.78 is 5.21. The van der Waals surface area contributed by atoms with E-state index in [-0.39, 0.29) is 0 Å². The molecule has 30 heavy (non-hydrogen) atoms. The lowest BCUT2D eigenvalue weighted by molar-refractivity contribution is 0.0818. The lowest BCUT2D eigenvalue weighted by Crippen LogP contribution is -2.16. The first-order chi connectivity index (χ1) is 14.1. The topological polar surface area (TPSA) is 29.5 Å². The third-order valence-electron chi connectivity index (χ3n) is 4.10. The molecule has 5 heteroatoms. The number of ether oxygens (including phenoxy) is 1. The van der Waals surface area contributed by atoms with E-state index in [0.717, 1.165) is 29.6 Å². The second-order valence-electron chi connectivity index (χ2n) is 8.60. The molecule has 0 heterocycles. The molecule has 1 N–H and O–H groups in total. The summed E-state index contributed by atoms with van der Waals surface area (Å²) in [5.74, 6) is 5.07. The molecule has 1 aromatic carbocycles. The first-order valence-corrected chi connectivity index (χ1v) is 12.9. The highest BCUT2D eigenvalue weighted by Crippen LogP contribution is 2.15. The van der Waals surface area contributed by atoms with Crippen molar-refractivity contribution >= 4 is 37.9 Å². The molecule has 0 aliphatic rings. The van der Waals surface area contributed by atoms with E-state index in [1.165, 1.54) is 24.0 Å². The molecule has 0 saturated carbocycles. The van der Waals surface area contributed by atoms with Crippen molar-refractivity contribution in [3.05, 3.63) is 47.7 Å². The molecule has 0 aromatic heterocycles. The highest BCUT2D eigenvalue weighted by Gasteiger charge is 2.04. The average Bonchev–Trinajstić information content (AvgIpc) is 2.70. The van der Waals surface area contributed by atoms with Crippen molar-refractivity contribution in [2.24, 2.45) is 11.8 Å². The molecule has 0 aliphatic heterocycles. The number of benzene rings is 1. The minimum atomic E-state index is -0.489. The van der Waals surface area contributed by atoms with Gasteiger partial charge in [0.2, 0.25) is 0 Å². The maximum absolute atomic E-state index is 9.10. The zero-order chi connectivity index (χ0) is 23.5. The fourth-order valence-electron chi connectivity index (χ4n) is 2.29. The summed E-state index contributed by atoms with van der Waals surface area (Å²) in [6.45, 7) is 17.1. The number of hydrogen-bond donors (Lipinski definition) is 4. The second-order valence-corrected chi connectivity index (χ2v) is 9.73.